The molecule has 0 aliphatic rings. The monoisotopic (exact) mass is 216 g/mol. The highest BCUT2D eigenvalue weighted by Gasteiger charge is 2.31. The molecule has 0 radical (unpaired) electrons. The normalized spacial score (nSPS) is 15.5. The number of ether oxygens (including phenoxy) is 1. The molecule has 15 heavy (non-hydrogen) atoms. The van der Waals surface area contributed by atoms with Crippen LogP contribution in [0.3, 0.4) is 0 Å². The maximum atomic E-state index is 11.7. The Morgan fingerprint density at radius 3 is 2.20 bits per heavy atom. The number of hydrogen-bond acceptors (Lipinski definition) is 4. The predicted octanol–water partition coefficient (Wildman–Crippen LogP) is 0.711. The van der Waals surface area contributed by atoms with E-state index in [0.717, 1.165) is 0 Å². The summed E-state index contributed by atoms with van der Waals surface area (Å²) < 4.78 is 5.03. The Balaban J connectivity index is 4.66. The van der Waals surface area contributed by atoms with Crippen molar-refractivity contribution in [1.82, 2.24) is 4.90 Å². The summed E-state index contributed by atoms with van der Waals surface area (Å²) in [5, 5.41) is 0. The second-order valence-electron chi connectivity index (χ2n) is 4.29. The molecule has 0 aromatic heterocycles. The molecule has 0 bridgehead atoms. The largest absolute Gasteiger partial charge is 0.466 e. The Morgan fingerprint density at radius 2 is 1.93 bits per heavy atom. The van der Waals surface area contributed by atoms with E-state index >= 15 is 0 Å². The van der Waals surface area contributed by atoms with Crippen LogP contribution in [0.15, 0.2) is 0 Å². The van der Waals surface area contributed by atoms with E-state index in [1.807, 2.05) is 25.9 Å². The smallest absolute Gasteiger partial charge is 0.311 e. The number of carbonyl (C=O) groups is 1. The lowest BCUT2D eigenvalue weighted by atomic mass is 9.89. The molecule has 0 heterocycles. The quantitative estimate of drug-likeness (QED) is 0.664. The molecule has 0 saturated carbocycles. The summed E-state index contributed by atoms with van der Waals surface area (Å²) in [6.45, 7) is 6.73. The van der Waals surface area contributed by atoms with Crippen LogP contribution in [-0.4, -0.2) is 44.2 Å². The van der Waals surface area contributed by atoms with Crippen molar-refractivity contribution in [1.29, 1.82) is 0 Å². The van der Waals surface area contributed by atoms with Crippen molar-refractivity contribution in [3.8, 4) is 0 Å². The summed E-state index contributed by atoms with van der Waals surface area (Å²) in [5.41, 5.74) is 5.65. The van der Waals surface area contributed by atoms with Crippen molar-refractivity contribution >= 4 is 5.97 Å². The Labute approximate surface area is 92.8 Å². The second-order valence-corrected chi connectivity index (χ2v) is 4.29. The highest BCUT2D eigenvalue weighted by Crippen LogP contribution is 2.18. The van der Waals surface area contributed by atoms with E-state index in [0.29, 0.717) is 19.1 Å². The molecular formula is C11H24N2O2. The van der Waals surface area contributed by atoms with Gasteiger partial charge in [0.05, 0.1) is 12.5 Å². The topological polar surface area (TPSA) is 55.6 Å². The van der Waals surface area contributed by atoms with Crippen molar-refractivity contribution in [2.75, 3.05) is 27.2 Å². The van der Waals surface area contributed by atoms with Gasteiger partial charge in [-0.2, -0.15) is 0 Å². The highest BCUT2D eigenvalue weighted by atomic mass is 16.5. The molecule has 0 aromatic carbocycles. The number of nitrogens with zero attached hydrogens (tertiary/aromatic N) is 1. The molecule has 90 valence electrons. The van der Waals surface area contributed by atoms with Gasteiger partial charge < -0.3 is 15.4 Å². The molecule has 0 unspecified atom stereocenters. The molecule has 0 aliphatic heterocycles. The first-order valence-corrected chi connectivity index (χ1v) is 5.48. The van der Waals surface area contributed by atoms with Gasteiger partial charge in [-0.05, 0) is 26.9 Å². The Kier molecular flexibility index (Phi) is 6.52. The third kappa shape index (κ3) is 4.18. The summed E-state index contributed by atoms with van der Waals surface area (Å²) in [6.07, 6.45) is 0. The first-order chi connectivity index (χ1) is 6.95. The lowest BCUT2D eigenvalue weighted by Gasteiger charge is -2.33. The molecule has 0 amide bonds. The lowest BCUT2D eigenvalue weighted by molar-refractivity contribution is -0.150. The van der Waals surface area contributed by atoms with E-state index in [-0.39, 0.29) is 17.9 Å². The molecule has 0 rings (SSSR count). The maximum absolute atomic E-state index is 11.7. The van der Waals surface area contributed by atoms with Crippen molar-refractivity contribution in [2.24, 2.45) is 17.6 Å². The van der Waals surface area contributed by atoms with E-state index in [4.69, 9.17) is 10.5 Å². The summed E-state index contributed by atoms with van der Waals surface area (Å²) in [7, 11) is 3.93. The zero-order valence-electron chi connectivity index (χ0n) is 10.5. The van der Waals surface area contributed by atoms with Gasteiger partial charge in [0.25, 0.3) is 0 Å². The molecule has 2 atom stereocenters. The fourth-order valence-corrected chi connectivity index (χ4v) is 2.05. The maximum Gasteiger partial charge on any atom is 0.311 e. The Morgan fingerprint density at radius 1 is 1.40 bits per heavy atom. The SMILES string of the molecule is CCOC(=O)[C@H](CN)[C@@H](C(C)C)N(C)C. The fraction of sp³-hybridized carbons (Fsp3) is 0.909. The van der Waals surface area contributed by atoms with Crippen LogP contribution in [0.4, 0.5) is 0 Å². The zero-order chi connectivity index (χ0) is 12.0. The number of hydrogen-bond donors (Lipinski definition) is 1. The summed E-state index contributed by atoms with van der Waals surface area (Å²) in [5.74, 6) is -0.0506. The van der Waals surface area contributed by atoms with Gasteiger partial charge in [0.1, 0.15) is 0 Å². The fourth-order valence-electron chi connectivity index (χ4n) is 2.05. The molecule has 2 N–H and O–H groups in total. The lowest BCUT2D eigenvalue weighted by Crippen LogP contribution is -2.47. The van der Waals surface area contributed by atoms with Gasteiger partial charge in [-0.1, -0.05) is 13.8 Å². The van der Waals surface area contributed by atoms with Crippen LogP contribution in [0.2, 0.25) is 0 Å². The Hall–Kier alpha value is -0.610. The van der Waals surface area contributed by atoms with Gasteiger partial charge in [-0.15, -0.1) is 0 Å². The van der Waals surface area contributed by atoms with E-state index in [9.17, 15) is 4.79 Å². The van der Waals surface area contributed by atoms with Gasteiger partial charge >= 0.3 is 5.97 Å². The molecule has 0 fully saturated rings. The van der Waals surface area contributed by atoms with Crippen molar-refractivity contribution in [3.63, 3.8) is 0 Å². The van der Waals surface area contributed by atoms with Crippen molar-refractivity contribution in [3.05, 3.63) is 0 Å². The van der Waals surface area contributed by atoms with Gasteiger partial charge in [0.15, 0.2) is 0 Å². The van der Waals surface area contributed by atoms with Crippen LogP contribution in [0.1, 0.15) is 20.8 Å². The number of rotatable bonds is 6. The summed E-state index contributed by atoms with van der Waals surface area (Å²) >= 11 is 0. The molecule has 4 nitrogen and oxygen atoms in total. The highest BCUT2D eigenvalue weighted by molar-refractivity contribution is 5.73. The molecular weight excluding hydrogens is 192 g/mol. The summed E-state index contributed by atoms with van der Waals surface area (Å²) in [4.78, 5) is 13.7. The van der Waals surface area contributed by atoms with Crippen LogP contribution in [0.25, 0.3) is 0 Å². The van der Waals surface area contributed by atoms with Crippen molar-refractivity contribution in [2.45, 2.75) is 26.8 Å². The van der Waals surface area contributed by atoms with E-state index in [1.54, 1.807) is 0 Å². The predicted molar refractivity (Wildman–Crippen MR) is 61.5 cm³/mol. The second kappa shape index (κ2) is 6.80. The number of nitrogens with two attached hydrogens (primary N) is 1. The van der Waals surface area contributed by atoms with Gasteiger partial charge in [-0.3, -0.25) is 4.79 Å². The van der Waals surface area contributed by atoms with E-state index < -0.39 is 0 Å². The molecule has 0 aromatic rings. The standard InChI is InChI=1S/C11H24N2O2/c1-6-15-11(14)9(7-12)10(8(2)3)13(4)5/h8-10H,6-7,12H2,1-5H3/t9-,10-/m1/s1. The van der Waals surface area contributed by atoms with Crippen LogP contribution in [0.5, 0.6) is 0 Å². The minimum absolute atomic E-state index is 0.133. The average molecular weight is 216 g/mol. The average Bonchev–Trinajstić information content (AvgIpc) is 2.12. The first-order valence-electron chi connectivity index (χ1n) is 5.48. The molecule has 0 saturated heterocycles. The molecule has 0 spiro atoms. The number of esters is 1. The zero-order valence-corrected chi connectivity index (χ0v) is 10.5. The van der Waals surface area contributed by atoms with Gasteiger partial charge in [-0.25, -0.2) is 0 Å². The van der Waals surface area contributed by atoms with Gasteiger partial charge in [0.2, 0.25) is 0 Å². The minimum Gasteiger partial charge on any atom is -0.466 e. The minimum atomic E-state index is -0.236. The van der Waals surface area contributed by atoms with E-state index in [1.165, 1.54) is 0 Å². The third-order valence-electron chi connectivity index (χ3n) is 2.53. The van der Waals surface area contributed by atoms with Crippen molar-refractivity contribution < 1.29 is 9.53 Å². The molecule has 0 aliphatic carbocycles. The van der Waals surface area contributed by atoms with E-state index in [2.05, 4.69) is 13.8 Å². The number of carbonyl (C=O) groups excluding carboxylic acids is 1. The van der Waals surface area contributed by atoms with Crippen LogP contribution in [0, 0.1) is 11.8 Å². The third-order valence-corrected chi connectivity index (χ3v) is 2.53. The van der Waals surface area contributed by atoms with Gasteiger partial charge in [0, 0.05) is 12.6 Å². The molecule has 4 heteroatoms. The van der Waals surface area contributed by atoms with Crippen LogP contribution >= 0.6 is 0 Å². The first kappa shape index (κ1) is 14.4. The summed E-state index contributed by atoms with van der Waals surface area (Å²) in [6, 6.07) is 0.133. The van der Waals surface area contributed by atoms with Crippen LogP contribution in [-0.2, 0) is 9.53 Å². The van der Waals surface area contributed by atoms with Crippen LogP contribution < -0.4 is 5.73 Å². The Bertz CT molecular complexity index is 185.